The van der Waals surface area contributed by atoms with Crippen LogP contribution in [0.3, 0.4) is 0 Å². The highest BCUT2D eigenvalue weighted by Gasteiger charge is 2.11. The molecule has 0 radical (unpaired) electrons. The highest BCUT2D eigenvalue weighted by molar-refractivity contribution is 5.74. The van der Waals surface area contributed by atoms with Gasteiger partial charge in [0.2, 0.25) is 0 Å². The van der Waals surface area contributed by atoms with Gasteiger partial charge < -0.3 is 0 Å². The van der Waals surface area contributed by atoms with E-state index in [4.69, 9.17) is 0 Å². The van der Waals surface area contributed by atoms with Gasteiger partial charge >= 0.3 is 0 Å². The van der Waals surface area contributed by atoms with Gasteiger partial charge in [-0.2, -0.15) is 0 Å². The smallest absolute Gasteiger partial charge is 0.142 e. The summed E-state index contributed by atoms with van der Waals surface area (Å²) < 4.78 is 0. The quantitative estimate of drug-likeness (QED) is 0.602. The molecule has 2 aromatic rings. The first-order valence-corrected chi connectivity index (χ1v) is 5.94. The van der Waals surface area contributed by atoms with Crippen molar-refractivity contribution in [3.8, 4) is 0 Å². The maximum atomic E-state index is 10.4. The highest BCUT2D eigenvalue weighted by Crippen LogP contribution is 2.26. The highest BCUT2D eigenvalue weighted by atomic mass is 16.1. The van der Waals surface area contributed by atoms with Gasteiger partial charge in [-0.15, -0.1) is 0 Å². The van der Waals surface area contributed by atoms with Gasteiger partial charge in [0.1, 0.15) is 6.29 Å². The number of hydrogen-bond donors (Lipinski definition) is 0. The Morgan fingerprint density at radius 2 is 1.89 bits per heavy atom. The molecule has 1 unspecified atom stereocenters. The van der Waals surface area contributed by atoms with Crippen LogP contribution >= 0.6 is 0 Å². The van der Waals surface area contributed by atoms with Crippen LogP contribution in [0.15, 0.2) is 54.7 Å². The molecular weight excluding hydrogens is 222 g/mol. The fourth-order valence-electron chi connectivity index (χ4n) is 1.99. The average Bonchev–Trinajstić information content (AvgIpc) is 2.45. The van der Waals surface area contributed by atoms with E-state index < -0.39 is 0 Å². The third-order valence-corrected chi connectivity index (χ3v) is 2.95. The SMILES string of the molecule is CC(c1ccccn1)c1ccccc1/C=C/C=O. The molecule has 0 amide bonds. The second-order valence-corrected chi connectivity index (χ2v) is 4.10. The Hall–Kier alpha value is -2.22. The van der Waals surface area contributed by atoms with E-state index in [0.29, 0.717) is 0 Å². The molecule has 1 aromatic carbocycles. The molecular formula is C16H15NO. The Morgan fingerprint density at radius 3 is 2.61 bits per heavy atom. The molecule has 2 heteroatoms. The second kappa shape index (κ2) is 5.92. The van der Waals surface area contributed by atoms with Crippen molar-refractivity contribution in [1.82, 2.24) is 4.98 Å². The molecule has 1 aromatic heterocycles. The van der Waals surface area contributed by atoms with Crippen molar-refractivity contribution in [3.63, 3.8) is 0 Å². The summed E-state index contributed by atoms with van der Waals surface area (Å²) >= 11 is 0. The number of carbonyl (C=O) groups excluding carboxylic acids is 1. The molecule has 90 valence electrons. The molecule has 0 N–H and O–H groups in total. The molecule has 0 bridgehead atoms. The Labute approximate surface area is 107 Å². The Bertz CT molecular complexity index is 546. The van der Waals surface area contributed by atoms with Crippen LogP contribution in [0.25, 0.3) is 6.08 Å². The lowest BCUT2D eigenvalue weighted by Gasteiger charge is -2.14. The summed E-state index contributed by atoms with van der Waals surface area (Å²) in [4.78, 5) is 14.8. The number of aromatic nitrogens is 1. The maximum absolute atomic E-state index is 10.4. The van der Waals surface area contributed by atoms with Crippen LogP contribution in [-0.2, 0) is 4.79 Å². The van der Waals surface area contributed by atoms with Crippen molar-refractivity contribution in [2.24, 2.45) is 0 Å². The standard InChI is InChI=1S/C16H15NO/c1-13(16-10-4-5-11-17-16)15-9-3-2-7-14(15)8-6-12-18/h2-13H,1H3/b8-6+. The monoisotopic (exact) mass is 237 g/mol. The van der Waals surface area contributed by atoms with Gasteiger partial charge in [-0.1, -0.05) is 43.3 Å². The molecule has 1 atom stereocenters. The number of hydrogen-bond acceptors (Lipinski definition) is 2. The summed E-state index contributed by atoms with van der Waals surface area (Å²) in [6.45, 7) is 2.12. The largest absolute Gasteiger partial charge is 0.299 e. The predicted molar refractivity (Wildman–Crippen MR) is 73.3 cm³/mol. The average molecular weight is 237 g/mol. The third-order valence-electron chi connectivity index (χ3n) is 2.95. The van der Waals surface area contributed by atoms with Gasteiger partial charge in [0.15, 0.2) is 0 Å². The van der Waals surface area contributed by atoms with Crippen molar-refractivity contribution in [2.75, 3.05) is 0 Å². The molecule has 0 saturated carbocycles. The summed E-state index contributed by atoms with van der Waals surface area (Å²) in [6.07, 6.45) is 5.95. The van der Waals surface area contributed by atoms with E-state index in [9.17, 15) is 4.79 Å². The molecule has 0 aliphatic rings. The number of benzene rings is 1. The van der Waals surface area contributed by atoms with Crippen molar-refractivity contribution in [1.29, 1.82) is 0 Å². The second-order valence-electron chi connectivity index (χ2n) is 4.10. The molecule has 0 aliphatic carbocycles. The van der Waals surface area contributed by atoms with E-state index in [1.54, 1.807) is 6.20 Å². The van der Waals surface area contributed by atoms with Gasteiger partial charge in [0, 0.05) is 17.8 Å². The van der Waals surface area contributed by atoms with Crippen LogP contribution in [0.5, 0.6) is 0 Å². The van der Waals surface area contributed by atoms with Gasteiger partial charge in [-0.3, -0.25) is 9.78 Å². The number of pyridine rings is 1. The van der Waals surface area contributed by atoms with E-state index in [2.05, 4.69) is 18.0 Å². The predicted octanol–water partition coefficient (Wildman–Crippen LogP) is 3.45. The molecule has 1 heterocycles. The fourth-order valence-corrected chi connectivity index (χ4v) is 1.99. The van der Waals surface area contributed by atoms with E-state index in [0.717, 1.165) is 17.5 Å². The first-order chi connectivity index (χ1) is 8.83. The summed E-state index contributed by atoms with van der Waals surface area (Å²) in [5, 5.41) is 0. The van der Waals surface area contributed by atoms with Gasteiger partial charge in [-0.25, -0.2) is 0 Å². The summed E-state index contributed by atoms with van der Waals surface area (Å²) in [6, 6.07) is 14.0. The van der Waals surface area contributed by atoms with Crippen molar-refractivity contribution in [3.05, 3.63) is 71.6 Å². The number of nitrogens with zero attached hydrogens (tertiary/aromatic N) is 1. The summed E-state index contributed by atoms with van der Waals surface area (Å²) in [5.41, 5.74) is 3.27. The molecule has 0 spiro atoms. The van der Waals surface area contributed by atoms with Gasteiger partial charge in [0.25, 0.3) is 0 Å². The topological polar surface area (TPSA) is 30.0 Å². The first kappa shape index (κ1) is 12.2. The minimum absolute atomic E-state index is 0.207. The fraction of sp³-hybridized carbons (Fsp3) is 0.125. The lowest BCUT2D eigenvalue weighted by molar-refractivity contribution is -0.104. The van der Waals surface area contributed by atoms with E-state index in [-0.39, 0.29) is 5.92 Å². The summed E-state index contributed by atoms with van der Waals surface area (Å²) in [5.74, 6) is 0.207. The lowest BCUT2D eigenvalue weighted by atomic mass is 9.92. The number of aldehydes is 1. The molecule has 0 saturated heterocycles. The van der Waals surface area contributed by atoms with Gasteiger partial charge in [-0.05, 0) is 29.3 Å². The molecule has 2 rings (SSSR count). The van der Waals surface area contributed by atoms with Crippen LogP contribution in [-0.4, -0.2) is 11.3 Å². The van der Waals surface area contributed by atoms with Crippen molar-refractivity contribution < 1.29 is 4.79 Å². The van der Waals surface area contributed by atoms with Gasteiger partial charge in [0.05, 0.1) is 0 Å². The lowest BCUT2D eigenvalue weighted by Crippen LogP contribution is -2.00. The molecule has 2 nitrogen and oxygen atoms in total. The van der Waals surface area contributed by atoms with Crippen LogP contribution in [0.4, 0.5) is 0 Å². The van der Waals surface area contributed by atoms with E-state index in [1.807, 2.05) is 42.5 Å². The minimum Gasteiger partial charge on any atom is -0.299 e. The minimum atomic E-state index is 0.207. The third kappa shape index (κ3) is 2.72. The Kier molecular flexibility index (Phi) is 4.02. The number of allylic oxidation sites excluding steroid dienone is 1. The van der Waals surface area contributed by atoms with Crippen molar-refractivity contribution >= 4 is 12.4 Å². The van der Waals surface area contributed by atoms with E-state index >= 15 is 0 Å². The van der Waals surface area contributed by atoms with E-state index in [1.165, 1.54) is 11.6 Å². The number of rotatable bonds is 4. The zero-order valence-corrected chi connectivity index (χ0v) is 10.3. The van der Waals surface area contributed by atoms with Crippen LogP contribution < -0.4 is 0 Å². The number of carbonyl (C=O) groups is 1. The first-order valence-electron chi connectivity index (χ1n) is 5.94. The summed E-state index contributed by atoms with van der Waals surface area (Å²) in [7, 11) is 0. The zero-order valence-electron chi connectivity index (χ0n) is 10.3. The van der Waals surface area contributed by atoms with Crippen LogP contribution in [0, 0.1) is 0 Å². The Morgan fingerprint density at radius 1 is 1.11 bits per heavy atom. The van der Waals surface area contributed by atoms with Crippen molar-refractivity contribution in [2.45, 2.75) is 12.8 Å². The molecule has 18 heavy (non-hydrogen) atoms. The zero-order chi connectivity index (χ0) is 12.8. The molecule has 0 aliphatic heterocycles. The molecule has 0 fully saturated rings. The maximum Gasteiger partial charge on any atom is 0.142 e. The normalized spacial score (nSPS) is 12.5. The van der Waals surface area contributed by atoms with Crippen LogP contribution in [0.1, 0.15) is 29.7 Å². The van der Waals surface area contributed by atoms with Crippen LogP contribution in [0.2, 0.25) is 0 Å². The Balaban J connectivity index is 2.39.